The van der Waals surface area contributed by atoms with E-state index < -0.39 is 24.5 Å². The fourth-order valence-electron chi connectivity index (χ4n) is 2.45. The van der Waals surface area contributed by atoms with Gasteiger partial charge in [-0.25, -0.2) is 9.59 Å². The lowest BCUT2D eigenvalue weighted by molar-refractivity contribution is -0.123. The molecule has 0 fully saturated rings. The molecule has 132 valence electrons. The second-order valence-electron chi connectivity index (χ2n) is 5.56. The van der Waals surface area contributed by atoms with Gasteiger partial charge in [0.05, 0.1) is 5.56 Å². The topological polar surface area (TPSA) is 89.4 Å². The lowest BCUT2D eigenvalue weighted by Gasteiger charge is -2.10. The number of rotatable bonds is 5. The molecule has 3 amide bonds. The second kappa shape index (κ2) is 8.14. The highest BCUT2D eigenvalue weighted by Crippen LogP contribution is 2.18. The van der Waals surface area contributed by atoms with E-state index in [1.165, 1.54) is 7.05 Å². The zero-order valence-corrected chi connectivity index (χ0v) is 14.5. The Morgan fingerprint density at radius 2 is 1.80 bits per heavy atom. The molecule has 1 heterocycles. The van der Waals surface area contributed by atoms with Crippen LogP contribution < -0.4 is 10.6 Å². The van der Waals surface area contributed by atoms with Gasteiger partial charge in [-0.3, -0.25) is 10.1 Å². The first-order chi connectivity index (χ1) is 11.9. The lowest BCUT2D eigenvalue weighted by Crippen LogP contribution is -2.39. The third-order valence-corrected chi connectivity index (χ3v) is 3.79. The summed E-state index contributed by atoms with van der Waals surface area (Å²) in [5, 5.41) is 4.27. The minimum absolute atomic E-state index is 0.404. The Morgan fingerprint density at radius 3 is 2.44 bits per heavy atom. The summed E-state index contributed by atoms with van der Waals surface area (Å²) in [6.07, 6.45) is 0. The van der Waals surface area contributed by atoms with E-state index in [2.05, 4.69) is 5.32 Å². The van der Waals surface area contributed by atoms with Gasteiger partial charge in [-0.15, -0.1) is 0 Å². The summed E-state index contributed by atoms with van der Waals surface area (Å²) in [6, 6.07) is 11.0. The Balaban J connectivity index is 2.04. The van der Waals surface area contributed by atoms with Crippen LogP contribution >= 0.6 is 0 Å². The second-order valence-corrected chi connectivity index (χ2v) is 5.56. The van der Waals surface area contributed by atoms with Gasteiger partial charge in [0.1, 0.15) is 0 Å². The van der Waals surface area contributed by atoms with Crippen molar-refractivity contribution >= 4 is 17.9 Å². The summed E-state index contributed by atoms with van der Waals surface area (Å²) >= 11 is 0. The monoisotopic (exact) mass is 343 g/mol. The van der Waals surface area contributed by atoms with E-state index >= 15 is 0 Å². The summed E-state index contributed by atoms with van der Waals surface area (Å²) in [6.45, 7) is 3.86. The molecule has 0 bridgehead atoms. The van der Waals surface area contributed by atoms with E-state index in [0.29, 0.717) is 12.1 Å². The number of aryl methyl sites for hydroxylation is 1. The maximum Gasteiger partial charge on any atom is 0.340 e. The van der Waals surface area contributed by atoms with Gasteiger partial charge in [0.2, 0.25) is 0 Å². The molecule has 0 aliphatic heterocycles. The molecule has 7 nitrogen and oxygen atoms in total. The van der Waals surface area contributed by atoms with Gasteiger partial charge in [-0.05, 0) is 25.5 Å². The summed E-state index contributed by atoms with van der Waals surface area (Å²) in [7, 11) is 1.39. The standard InChI is InChI=1S/C18H21N3O4/c1-12-9-15(17(23)25-11-16(22)20-18(24)19-3)13(2)21(12)10-14-7-5-4-6-8-14/h4-9H,10-11H2,1-3H3,(H2,19,20,22,24). The molecule has 0 saturated heterocycles. The van der Waals surface area contributed by atoms with Crippen molar-refractivity contribution in [3.8, 4) is 0 Å². The van der Waals surface area contributed by atoms with Gasteiger partial charge >= 0.3 is 12.0 Å². The lowest BCUT2D eigenvalue weighted by atomic mass is 10.2. The van der Waals surface area contributed by atoms with Crippen LogP contribution in [0.2, 0.25) is 0 Å². The predicted molar refractivity (Wildman–Crippen MR) is 92.3 cm³/mol. The molecule has 7 heteroatoms. The van der Waals surface area contributed by atoms with Gasteiger partial charge in [0, 0.05) is 25.0 Å². The minimum Gasteiger partial charge on any atom is -0.452 e. The fourth-order valence-corrected chi connectivity index (χ4v) is 2.45. The number of nitrogens with zero attached hydrogens (tertiary/aromatic N) is 1. The fraction of sp³-hybridized carbons (Fsp3) is 0.278. The van der Waals surface area contributed by atoms with Crippen LogP contribution in [0.25, 0.3) is 0 Å². The molecular weight excluding hydrogens is 322 g/mol. The molecule has 0 radical (unpaired) electrons. The van der Waals surface area contributed by atoms with Crippen LogP contribution in [0.15, 0.2) is 36.4 Å². The van der Waals surface area contributed by atoms with Crippen LogP contribution in [0.5, 0.6) is 0 Å². The number of aromatic nitrogens is 1. The summed E-state index contributed by atoms with van der Waals surface area (Å²) in [4.78, 5) is 34.7. The van der Waals surface area contributed by atoms with Crippen molar-refractivity contribution in [2.75, 3.05) is 13.7 Å². The molecule has 1 aromatic heterocycles. The molecule has 0 atom stereocenters. The number of hydrogen-bond acceptors (Lipinski definition) is 4. The number of ether oxygens (including phenoxy) is 1. The van der Waals surface area contributed by atoms with E-state index in [0.717, 1.165) is 17.0 Å². The first-order valence-corrected chi connectivity index (χ1v) is 7.81. The Labute approximate surface area is 146 Å². The maximum absolute atomic E-state index is 12.2. The zero-order valence-electron chi connectivity index (χ0n) is 14.5. The van der Waals surface area contributed by atoms with Gasteiger partial charge < -0.3 is 14.6 Å². The first-order valence-electron chi connectivity index (χ1n) is 7.81. The van der Waals surface area contributed by atoms with E-state index in [1.54, 1.807) is 6.07 Å². The number of benzene rings is 1. The number of carbonyl (C=O) groups is 3. The quantitative estimate of drug-likeness (QED) is 0.810. The number of nitrogens with one attached hydrogen (secondary N) is 2. The summed E-state index contributed by atoms with van der Waals surface area (Å²) < 4.78 is 7.00. The highest BCUT2D eigenvalue weighted by atomic mass is 16.5. The van der Waals surface area contributed by atoms with Crippen molar-refractivity contribution in [2.24, 2.45) is 0 Å². The van der Waals surface area contributed by atoms with Crippen molar-refractivity contribution in [3.63, 3.8) is 0 Å². The van der Waals surface area contributed by atoms with Crippen LogP contribution in [-0.4, -0.2) is 36.1 Å². The number of urea groups is 1. The molecule has 2 rings (SSSR count). The largest absolute Gasteiger partial charge is 0.452 e. The van der Waals surface area contributed by atoms with E-state index in [9.17, 15) is 14.4 Å². The van der Waals surface area contributed by atoms with Crippen molar-refractivity contribution in [3.05, 3.63) is 58.9 Å². The van der Waals surface area contributed by atoms with Crippen LogP contribution in [0.4, 0.5) is 4.79 Å². The summed E-state index contributed by atoms with van der Waals surface area (Å²) in [5.41, 5.74) is 3.21. The Morgan fingerprint density at radius 1 is 1.12 bits per heavy atom. The van der Waals surface area contributed by atoms with E-state index in [4.69, 9.17) is 4.74 Å². The van der Waals surface area contributed by atoms with Crippen molar-refractivity contribution in [2.45, 2.75) is 20.4 Å². The molecule has 2 aromatic rings. The van der Waals surface area contributed by atoms with Crippen LogP contribution in [0.1, 0.15) is 27.3 Å². The number of imide groups is 1. The molecule has 2 N–H and O–H groups in total. The maximum atomic E-state index is 12.2. The first kappa shape index (κ1) is 18.3. The Hall–Kier alpha value is -3.09. The molecule has 0 saturated carbocycles. The average molecular weight is 343 g/mol. The number of hydrogen-bond donors (Lipinski definition) is 2. The summed E-state index contributed by atoms with van der Waals surface area (Å²) in [5.74, 6) is -1.29. The van der Waals surface area contributed by atoms with Gasteiger partial charge in [-0.2, -0.15) is 0 Å². The number of amides is 3. The van der Waals surface area contributed by atoms with Crippen LogP contribution in [0.3, 0.4) is 0 Å². The predicted octanol–water partition coefficient (Wildman–Crippen LogP) is 1.77. The minimum atomic E-state index is -0.689. The van der Waals surface area contributed by atoms with Gasteiger partial charge in [0.25, 0.3) is 5.91 Å². The number of esters is 1. The smallest absolute Gasteiger partial charge is 0.340 e. The van der Waals surface area contributed by atoms with E-state index in [-0.39, 0.29) is 0 Å². The Kier molecular flexibility index (Phi) is 5.94. The van der Waals surface area contributed by atoms with E-state index in [1.807, 2.05) is 54.1 Å². The molecule has 0 unspecified atom stereocenters. The number of carbonyl (C=O) groups excluding carboxylic acids is 3. The van der Waals surface area contributed by atoms with Crippen LogP contribution in [-0.2, 0) is 16.1 Å². The molecule has 0 aliphatic carbocycles. The molecular formula is C18H21N3O4. The third-order valence-electron chi connectivity index (χ3n) is 3.79. The van der Waals surface area contributed by atoms with Crippen molar-refractivity contribution in [1.82, 2.24) is 15.2 Å². The SMILES string of the molecule is CNC(=O)NC(=O)COC(=O)c1cc(C)n(Cc2ccccc2)c1C. The van der Waals surface area contributed by atoms with Gasteiger partial charge in [0.15, 0.2) is 6.61 Å². The molecule has 0 aliphatic rings. The molecule has 0 spiro atoms. The molecule has 1 aromatic carbocycles. The van der Waals surface area contributed by atoms with Crippen molar-refractivity contribution < 1.29 is 19.1 Å². The molecule has 25 heavy (non-hydrogen) atoms. The highest BCUT2D eigenvalue weighted by molar-refractivity contribution is 5.97. The van der Waals surface area contributed by atoms with Crippen molar-refractivity contribution in [1.29, 1.82) is 0 Å². The zero-order chi connectivity index (χ0) is 18.4. The Bertz CT molecular complexity index is 781. The van der Waals surface area contributed by atoms with Gasteiger partial charge in [-0.1, -0.05) is 30.3 Å². The third kappa shape index (κ3) is 4.69. The highest BCUT2D eigenvalue weighted by Gasteiger charge is 2.18. The average Bonchev–Trinajstić information content (AvgIpc) is 2.88. The van der Waals surface area contributed by atoms with Crippen LogP contribution in [0, 0.1) is 13.8 Å². The normalized spacial score (nSPS) is 10.2.